The van der Waals surface area contributed by atoms with E-state index in [1.165, 1.54) is 0 Å². The average Bonchev–Trinajstić information content (AvgIpc) is 3.26. The first-order chi connectivity index (χ1) is 12.6. The lowest BCUT2D eigenvalue weighted by molar-refractivity contribution is 0.307. The van der Waals surface area contributed by atoms with Gasteiger partial charge in [0, 0.05) is 17.7 Å². The quantitative estimate of drug-likeness (QED) is 0.567. The molecule has 0 amide bonds. The highest BCUT2D eigenvalue weighted by atomic mass is 32.2. The number of hydrogen-bond acceptors (Lipinski definition) is 7. The smallest absolute Gasteiger partial charge is 0.212 e. The van der Waals surface area contributed by atoms with Crippen molar-refractivity contribution in [3.8, 4) is 6.07 Å². The molecule has 0 radical (unpaired) electrons. The minimum atomic E-state index is -3.37. The first-order valence-electron chi connectivity index (χ1n) is 8.68. The van der Waals surface area contributed by atoms with Crippen LogP contribution in [0.2, 0.25) is 0 Å². The third-order valence-electron chi connectivity index (χ3n) is 5.17. The molecule has 0 bridgehead atoms. The summed E-state index contributed by atoms with van der Waals surface area (Å²) in [6.07, 6.45) is 7.18. The van der Waals surface area contributed by atoms with Crippen LogP contribution in [0.5, 0.6) is 0 Å². The van der Waals surface area contributed by atoms with Crippen molar-refractivity contribution < 1.29 is 8.42 Å². The van der Waals surface area contributed by atoms with Crippen molar-refractivity contribution in [3.05, 3.63) is 23.5 Å². The predicted molar refractivity (Wildman–Crippen MR) is 96.8 cm³/mol. The van der Waals surface area contributed by atoms with Gasteiger partial charge in [0.15, 0.2) is 0 Å². The molecule has 0 unspecified atom stereocenters. The molecule has 0 aromatic carbocycles. The van der Waals surface area contributed by atoms with E-state index < -0.39 is 10.0 Å². The summed E-state index contributed by atoms with van der Waals surface area (Å²) in [5.74, 6) is 1.43. The maximum atomic E-state index is 12.0. The van der Waals surface area contributed by atoms with Crippen LogP contribution in [0.15, 0.2) is 23.0 Å². The van der Waals surface area contributed by atoms with Crippen LogP contribution in [0.4, 0.5) is 5.82 Å². The molecule has 9 nitrogen and oxygen atoms in total. The second kappa shape index (κ2) is 6.75. The lowest BCUT2D eigenvalue weighted by atomic mass is 9.80. The Labute approximate surface area is 152 Å². The first kappa shape index (κ1) is 17.1. The van der Waals surface area contributed by atoms with Crippen LogP contribution >= 0.6 is 0 Å². The van der Waals surface area contributed by atoms with Gasteiger partial charge < -0.3 is 10.4 Å². The standard InChI is InChI=1S/C16H21N7O2S/c17-6-8-20-26(24,25)9-11-1-3-12(4-2-11)14-15-13-5-7-18-16(13)19-10-23(15)22-21-14/h5,7,10-12,18,20-22H,1-4,8-9H2/t11-,12-. The third kappa shape index (κ3) is 3.21. The Morgan fingerprint density at radius 2 is 2.15 bits per heavy atom. The minimum Gasteiger partial charge on any atom is -0.346 e. The Morgan fingerprint density at radius 3 is 2.92 bits per heavy atom. The molecule has 3 heterocycles. The van der Waals surface area contributed by atoms with E-state index in [2.05, 4.69) is 25.7 Å². The summed E-state index contributed by atoms with van der Waals surface area (Å²) in [5.41, 5.74) is 9.68. The second-order valence-corrected chi connectivity index (χ2v) is 8.68. The summed E-state index contributed by atoms with van der Waals surface area (Å²) in [6, 6.07) is 3.82. The van der Waals surface area contributed by atoms with Gasteiger partial charge in [-0.05, 0) is 37.7 Å². The van der Waals surface area contributed by atoms with Crippen molar-refractivity contribution in [3.63, 3.8) is 0 Å². The van der Waals surface area contributed by atoms with Crippen LogP contribution in [-0.4, -0.2) is 37.0 Å². The Bertz CT molecular complexity index is 888. The van der Waals surface area contributed by atoms with Crippen LogP contribution in [0.1, 0.15) is 31.2 Å². The van der Waals surface area contributed by atoms with Gasteiger partial charge in [0.1, 0.15) is 12.2 Å². The highest BCUT2D eigenvalue weighted by molar-refractivity contribution is 7.89. The fourth-order valence-corrected chi connectivity index (χ4v) is 5.28. The summed E-state index contributed by atoms with van der Waals surface area (Å²) >= 11 is 0. The summed E-state index contributed by atoms with van der Waals surface area (Å²) in [5, 5.41) is 10.4. The number of nitrogens with one attached hydrogen (secondary N) is 4. The molecule has 26 heavy (non-hydrogen) atoms. The van der Waals surface area contributed by atoms with Crippen LogP contribution in [-0.2, 0) is 10.0 Å². The minimum absolute atomic E-state index is 0.0969. The molecule has 0 spiro atoms. The lowest BCUT2D eigenvalue weighted by Gasteiger charge is -2.29. The van der Waals surface area contributed by atoms with Gasteiger partial charge >= 0.3 is 0 Å². The number of allylic oxidation sites excluding steroid dienone is 1. The van der Waals surface area contributed by atoms with Gasteiger partial charge in [-0.1, -0.05) is 0 Å². The fraction of sp³-hybridized carbons (Fsp3) is 0.500. The Kier molecular flexibility index (Phi) is 4.44. The topological polar surface area (TPSA) is 125 Å². The molecule has 1 aromatic heterocycles. The number of fused-ring (bicyclic) bond motifs is 3. The summed E-state index contributed by atoms with van der Waals surface area (Å²) in [4.78, 5) is 7.50. The van der Waals surface area contributed by atoms with Crippen molar-refractivity contribution >= 4 is 27.9 Å². The van der Waals surface area contributed by atoms with Gasteiger partial charge in [0.25, 0.3) is 0 Å². The number of rotatable bonds is 5. The SMILES string of the molecule is N#CCNS(=O)(=O)C[C@H]1CC[C@H](C2=C3c4cc[nH]c4N=CN3NN2)CC1. The van der Waals surface area contributed by atoms with Crippen molar-refractivity contribution in [1.82, 2.24) is 25.7 Å². The molecule has 3 aliphatic rings. The Balaban J connectivity index is 1.44. The molecular formula is C16H21N7O2S. The van der Waals surface area contributed by atoms with E-state index >= 15 is 0 Å². The monoisotopic (exact) mass is 375 g/mol. The van der Waals surface area contributed by atoms with Crippen molar-refractivity contribution in [2.45, 2.75) is 25.7 Å². The summed E-state index contributed by atoms with van der Waals surface area (Å²) in [7, 11) is -3.37. The molecule has 4 rings (SSSR count). The predicted octanol–water partition coefficient (Wildman–Crippen LogP) is 0.931. The van der Waals surface area contributed by atoms with Gasteiger partial charge in [-0.2, -0.15) is 5.26 Å². The molecule has 0 saturated heterocycles. The second-order valence-electron chi connectivity index (χ2n) is 6.83. The number of H-pyrrole nitrogens is 1. The number of aromatic nitrogens is 1. The molecule has 138 valence electrons. The van der Waals surface area contributed by atoms with Crippen LogP contribution in [0, 0.1) is 23.2 Å². The Morgan fingerprint density at radius 1 is 1.35 bits per heavy atom. The van der Waals surface area contributed by atoms with E-state index in [-0.39, 0.29) is 18.2 Å². The third-order valence-corrected chi connectivity index (χ3v) is 6.67. The normalized spacial score (nSPS) is 24.8. The van der Waals surface area contributed by atoms with Crippen LogP contribution in [0.3, 0.4) is 0 Å². The lowest BCUT2D eigenvalue weighted by Crippen LogP contribution is -2.38. The van der Waals surface area contributed by atoms with Gasteiger partial charge in [-0.25, -0.2) is 23.1 Å². The molecule has 1 aromatic rings. The molecule has 1 saturated carbocycles. The number of aromatic amines is 1. The number of aliphatic imine (C=N–C) groups is 1. The maximum absolute atomic E-state index is 12.0. The highest BCUT2D eigenvalue weighted by Crippen LogP contribution is 2.40. The van der Waals surface area contributed by atoms with E-state index in [1.54, 1.807) is 6.34 Å². The largest absolute Gasteiger partial charge is 0.346 e. The van der Waals surface area contributed by atoms with E-state index in [9.17, 15) is 8.42 Å². The molecule has 1 fully saturated rings. The van der Waals surface area contributed by atoms with Crippen molar-refractivity contribution in [2.75, 3.05) is 12.3 Å². The van der Waals surface area contributed by atoms with Gasteiger partial charge in [0.2, 0.25) is 10.0 Å². The van der Waals surface area contributed by atoms with Gasteiger partial charge in [0.05, 0.1) is 29.8 Å². The first-order valence-corrected chi connectivity index (χ1v) is 10.3. The average molecular weight is 375 g/mol. The van der Waals surface area contributed by atoms with Gasteiger partial charge in [-0.3, -0.25) is 0 Å². The molecule has 0 atom stereocenters. The molecular weight excluding hydrogens is 354 g/mol. The number of hydrazine groups is 2. The maximum Gasteiger partial charge on any atom is 0.212 e. The van der Waals surface area contributed by atoms with E-state index in [0.29, 0.717) is 5.92 Å². The molecule has 10 heteroatoms. The van der Waals surface area contributed by atoms with E-state index in [0.717, 1.165) is 48.5 Å². The van der Waals surface area contributed by atoms with Crippen molar-refractivity contribution in [1.29, 1.82) is 5.26 Å². The van der Waals surface area contributed by atoms with E-state index in [4.69, 9.17) is 5.26 Å². The number of nitriles is 1. The zero-order chi connectivity index (χ0) is 18.1. The molecule has 1 aliphatic carbocycles. The Hall–Kier alpha value is -2.35. The van der Waals surface area contributed by atoms with Crippen molar-refractivity contribution in [2.24, 2.45) is 16.8 Å². The zero-order valence-corrected chi connectivity index (χ0v) is 15.0. The number of nitrogens with zero attached hydrogens (tertiary/aromatic N) is 3. The van der Waals surface area contributed by atoms with E-state index in [1.807, 2.05) is 23.3 Å². The van der Waals surface area contributed by atoms with Crippen LogP contribution < -0.4 is 15.7 Å². The fourth-order valence-electron chi connectivity index (χ4n) is 3.93. The molecule has 2 aliphatic heterocycles. The highest BCUT2D eigenvalue weighted by Gasteiger charge is 2.34. The number of sulfonamides is 1. The molecule has 4 N–H and O–H groups in total. The zero-order valence-electron chi connectivity index (χ0n) is 14.2. The number of hydrogen-bond donors (Lipinski definition) is 4. The van der Waals surface area contributed by atoms with Gasteiger partial charge in [-0.15, -0.1) is 5.53 Å². The summed E-state index contributed by atoms with van der Waals surface area (Å²) in [6.45, 7) is -0.167. The summed E-state index contributed by atoms with van der Waals surface area (Å²) < 4.78 is 26.3. The van der Waals surface area contributed by atoms with Crippen LogP contribution in [0.25, 0.3) is 5.70 Å².